The number of rotatable bonds is 6. The average molecular weight is 383 g/mol. The molecule has 2 aromatic carbocycles. The summed E-state index contributed by atoms with van der Waals surface area (Å²) in [6.45, 7) is 1.65. The molecule has 0 unspecified atom stereocenters. The van der Waals surface area contributed by atoms with Crippen molar-refractivity contribution in [3.63, 3.8) is 0 Å². The fraction of sp³-hybridized carbons (Fsp3) is 0.250. The Bertz CT molecular complexity index is 904. The number of methoxy groups -OCH3 is 3. The summed E-state index contributed by atoms with van der Waals surface area (Å²) in [5.74, 6) is 0.916. The number of hydrogen-bond acceptors (Lipinski definition) is 6. The molecule has 3 rings (SSSR count). The van der Waals surface area contributed by atoms with Crippen LogP contribution in [0, 0.1) is 0 Å². The lowest BCUT2D eigenvalue weighted by molar-refractivity contribution is -0.131. The van der Waals surface area contributed by atoms with E-state index >= 15 is 0 Å². The van der Waals surface area contributed by atoms with Crippen LogP contribution in [0.25, 0.3) is 0 Å². The molecule has 1 fully saturated rings. The van der Waals surface area contributed by atoms with E-state index in [1.807, 2.05) is 6.07 Å². The third-order valence-electron chi connectivity index (χ3n) is 4.58. The third-order valence-corrected chi connectivity index (χ3v) is 4.58. The standard InChI is InChI=1S/C20H21N3O5/c1-20(13-8-6-5-7-9-13)18(24)23(19(25)22-20)21-12-15-16(27-3)10-14(26-2)11-17(15)28-4/h5-12H,1-4H3,(H,22,25)/b21-12-/t20-/m1/s1. The second kappa shape index (κ2) is 7.59. The van der Waals surface area contributed by atoms with Gasteiger partial charge in [0.2, 0.25) is 0 Å². The van der Waals surface area contributed by atoms with Gasteiger partial charge in [-0.25, -0.2) is 4.79 Å². The smallest absolute Gasteiger partial charge is 0.346 e. The van der Waals surface area contributed by atoms with Crippen LogP contribution in [-0.4, -0.2) is 44.5 Å². The van der Waals surface area contributed by atoms with Crippen molar-refractivity contribution in [1.82, 2.24) is 10.3 Å². The SMILES string of the molecule is COc1cc(OC)c(/C=N\N2C(=O)N[C@](C)(c3ccccc3)C2=O)c(OC)c1. The van der Waals surface area contributed by atoms with Crippen LogP contribution in [0.15, 0.2) is 47.6 Å². The van der Waals surface area contributed by atoms with E-state index in [0.29, 0.717) is 28.4 Å². The Hall–Kier alpha value is -3.55. The van der Waals surface area contributed by atoms with Crippen LogP contribution in [0.5, 0.6) is 17.2 Å². The normalized spacial score (nSPS) is 19.1. The zero-order valence-corrected chi connectivity index (χ0v) is 16.1. The molecule has 1 aliphatic heterocycles. The molecule has 1 heterocycles. The average Bonchev–Trinajstić information content (AvgIpc) is 2.95. The van der Waals surface area contributed by atoms with Gasteiger partial charge in [0, 0.05) is 12.1 Å². The molecule has 8 heteroatoms. The number of hydrazone groups is 1. The topological polar surface area (TPSA) is 89.5 Å². The van der Waals surface area contributed by atoms with Gasteiger partial charge in [-0.05, 0) is 12.5 Å². The number of urea groups is 1. The van der Waals surface area contributed by atoms with E-state index in [0.717, 1.165) is 5.01 Å². The van der Waals surface area contributed by atoms with Gasteiger partial charge in [0.25, 0.3) is 5.91 Å². The zero-order valence-electron chi connectivity index (χ0n) is 16.1. The van der Waals surface area contributed by atoms with E-state index in [9.17, 15) is 9.59 Å². The predicted molar refractivity (Wildman–Crippen MR) is 103 cm³/mol. The highest BCUT2D eigenvalue weighted by Crippen LogP contribution is 2.33. The number of carbonyl (C=O) groups excluding carboxylic acids is 2. The Labute approximate surface area is 162 Å². The highest BCUT2D eigenvalue weighted by molar-refractivity contribution is 6.07. The van der Waals surface area contributed by atoms with Crippen LogP contribution in [0.4, 0.5) is 4.79 Å². The number of nitrogens with one attached hydrogen (secondary N) is 1. The molecular weight excluding hydrogens is 362 g/mol. The number of ether oxygens (including phenoxy) is 3. The number of benzene rings is 2. The van der Waals surface area contributed by atoms with Crippen molar-refractivity contribution in [2.45, 2.75) is 12.5 Å². The maximum atomic E-state index is 12.9. The largest absolute Gasteiger partial charge is 0.496 e. The number of carbonyl (C=O) groups is 2. The molecule has 146 valence electrons. The molecule has 0 aromatic heterocycles. The quantitative estimate of drug-likeness (QED) is 0.612. The van der Waals surface area contributed by atoms with Gasteiger partial charge in [0.05, 0.1) is 33.1 Å². The second-order valence-electron chi connectivity index (χ2n) is 6.23. The van der Waals surface area contributed by atoms with E-state index in [2.05, 4.69) is 10.4 Å². The van der Waals surface area contributed by atoms with Gasteiger partial charge in [-0.3, -0.25) is 4.79 Å². The second-order valence-corrected chi connectivity index (χ2v) is 6.23. The van der Waals surface area contributed by atoms with Gasteiger partial charge >= 0.3 is 6.03 Å². The Morgan fingerprint density at radius 1 is 1.00 bits per heavy atom. The predicted octanol–water partition coefficient (Wildman–Crippen LogP) is 2.51. The van der Waals surface area contributed by atoms with Crippen molar-refractivity contribution in [2.75, 3.05) is 21.3 Å². The highest BCUT2D eigenvalue weighted by atomic mass is 16.5. The molecule has 0 radical (unpaired) electrons. The first-order valence-electron chi connectivity index (χ1n) is 8.50. The summed E-state index contributed by atoms with van der Waals surface area (Å²) in [6.07, 6.45) is 1.35. The van der Waals surface area contributed by atoms with Gasteiger partial charge < -0.3 is 19.5 Å². The van der Waals surface area contributed by atoms with Gasteiger partial charge in [-0.1, -0.05) is 30.3 Å². The Morgan fingerprint density at radius 2 is 1.61 bits per heavy atom. The summed E-state index contributed by atoms with van der Waals surface area (Å²) in [4.78, 5) is 25.3. The number of nitrogens with zero attached hydrogens (tertiary/aromatic N) is 2. The van der Waals surface area contributed by atoms with Crippen LogP contribution < -0.4 is 19.5 Å². The molecule has 0 aliphatic carbocycles. The Morgan fingerprint density at radius 3 is 2.14 bits per heavy atom. The van der Waals surface area contributed by atoms with E-state index in [4.69, 9.17) is 14.2 Å². The molecular formula is C20H21N3O5. The van der Waals surface area contributed by atoms with E-state index in [1.54, 1.807) is 43.3 Å². The van der Waals surface area contributed by atoms with Gasteiger partial charge in [0.1, 0.15) is 22.8 Å². The summed E-state index contributed by atoms with van der Waals surface area (Å²) in [6, 6.07) is 11.7. The Kier molecular flexibility index (Phi) is 5.21. The van der Waals surface area contributed by atoms with Gasteiger partial charge in [-0.15, -0.1) is 5.01 Å². The minimum Gasteiger partial charge on any atom is -0.496 e. The molecule has 1 saturated heterocycles. The molecule has 3 amide bonds. The van der Waals surface area contributed by atoms with Crippen molar-refractivity contribution in [1.29, 1.82) is 0 Å². The fourth-order valence-electron chi connectivity index (χ4n) is 2.97. The first kappa shape index (κ1) is 19.2. The summed E-state index contributed by atoms with van der Waals surface area (Å²) >= 11 is 0. The van der Waals surface area contributed by atoms with Crippen molar-refractivity contribution in [3.05, 3.63) is 53.6 Å². The maximum Gasteiger partial charge on any atom is 0.346 e. The van der Waals surface area contributed by atoms with E-state index in [-0.39, 0.29) is 0 Å². The lowest BCUT2D eigenvalue weighted by atomic mass is 9.92. The van der Waals surface area contributed by atoms with Crippen LogP contribution in [0.2, 0.25) is 0 Å². The molecule has 1 atom stereocenters. The molecule has 2 aromatic rings. The summed E-state index contributed by atoms with van der Waals surface area (Å²) in [5.41, 5.74) is -0.0468. The molecule has 8 nitrogen and oxygen atoms in total. The minimum atomic E-state index is -1.19. The molecule has 0 spiro atoms. The van der Waals surface area contributed by atoms with Gasteiger partial charge in [-0.2, -0.15) is 5.10 Å². The third kappa shape index (κ3) is 3.24. The molecule has 1 N–H and O–H groups in total. The van der Waals surface area contributed by atoms with Crippen molar-refractivity contribution >= 4 is 18.2 Å². The lowest BCUT2D eigenvalue weighted by Crippen LogP contribution is -2.40. The number of amides is 3. The Balaban J connectivity index is 1.95. The first-order valence-corrected chi connectivity index (χ1v) is 8.50. The highest BCUT2D eigenvalue weighted by Gasteiger charge is 2.49. The van der Waals surface area contributed by atoms with E-state index in [1.165, 1.54) is 27.5 Å². The van der Waals surface area contributed by atoms with E-state index < -0.39 is 17.5 Å². The minimum absolute atomic E-state index is 0.429. The number of imide groups is 1. The molecule has 0 saturated carbocycles. The van der Waals surface area contributed by atoms with Crippen molar-refractivity contribution in [3.8, 4) is 17.2 Å². The van der Waals surface area contributed by atoms with Gasteiger partial charge in [0.15, 0.2) is 0 Å². The summed E-state index contributed by atoms with van der Waals surface area (Å²) in [5, 5.41) is 7.60. The van der Waals surface area contributed by atoms with Crippen LogP contribution in [-0.2, 0) is 10.3 Å². The maximum absolute atomic E-state index is 12.9. The zero-order chi connectivity index (χ0) is 20.3. The van der Waals surface area contributed by atoms with Crippen LogP contribution >= 0.6 is 0 Å². The molecule has 1 aliphatic rings. The summed E-state index contributed by atoms with van der Waals surface area (Å²) in [7, 11) is 4.51. The fourth-order valence-corrected chi connectivity index (χ4v) is 2.97. The number of hydrogen-bond donors (Lipinski definition) is 1. The summed E-state index contributed by atoms with van der Waals surface area (Å²) < 4.78 is 15.9. The molecule has 28 heavy (non-hydrogen) atoms. The van der Waals surface area contributed by atoms with Crippen LogP contribution in [0.3, 0.4) is 0 Å². The monoisotopic (exact) mass is 383 g/mol. The van der Waals surface area contributed by atoms with Crippen molar-refractivity contribution < 1.29 is 23.8 Å². The van der Waals surface area contributed by atoms with Crippen LogP contribution in [0.1, 0.15) is 18.1 Å². The van der Waals surface area contributed by atoms with Crippen molar-refractivity contribution in [2.24, 2.45) is 5.10 Å². The molecule has 0 bridgehead atoms. The lowest BCUT2D eigenvalue weighted by Gasteiger charge is -2.21. The first-order chi connectivity index (χ1) is 13.4.